The molecular formula is C10H11F2N3O2. The predicted octanol–water partition coefficient (Wildman–Crippen LogP) is 0.830. The second kappa shape index (κ2) is 5.24. The molecule has 0 heterocycles. The second-order valence-electron chi connectivity index (χ2n) is 3.32. The van der Waals surface area contributed by atoms with Crippen molar-refractivity contribution in [3.8, 4) is 0 Å². The molecule has 0 radical (unpaired) electrons. The molecule has 7 heteroatoms. The Balaban J connectivity index is 2.91. The van der Waals surface area contributed by atoms with E-state index in [0.717, 1.165) is 18.2 Å². The second-order valence-corrected chi connectivity index (χ2v) is 3.32. The van der Waals surface area contributed by atoms with Crippen molar-refractivity contribution >= 4 is 11.7 Å². The lowest BCUT2D eigenvalue weighted by atomic mass is 10.1. The molecule has 5 nitrogen and oxygen atoms in total. The summed E-state index contributed by atoms with van der Waals surface area (Å²) in [7, 11) is 0. The van der Waals surface area contributed by atoms with Crippen LogP contribution in [0.15, 0.2) is 23.4 Å². The van der Waals surface area contributed by atoms with Crippen molar-refractivity contribution in [1.82, 2.24) is 5.32 Å². The first-order valence-corrected chi connectivity index (χ1v) is 4.69. The average Bonchev–Trinajstić information content (AvgIpc) is 2.27. The van der Waals surface area contributed by atoms with E-state index >= 15 is 0 Å². The van der Waals surface area contributed by atoms with E-state index < -0.39 is 29.1 Å². The van der Waals surface area contributed by atoms with Crippen LogP contribution in [0.2, 0.25) is 0 Å². The maximum atomic E-state index is 13.2. The van der Waals surface area contributed by atoms with Crippen molar-refractivity contribution in [2.45, 2.75) is 13.0 Å². The van der Waals surface area contributed by atoms with E-state index in [2.05, 4.69) is 10.5 Å². The minimum atomic E-state index is -0.978. The largest absolute Gasteiger partial charge is 0.409 e. The summed E-state index contributed by atoms with van der Waals surface area (Å²) in [5.74, 6) is -3.20. The minimum Gasteiger partial charge on any atom is -0.409 e. The molecule has 1 atom stereocenters. The van der Waals surface area contributed by atoms with Crippen LogP contribution in [0.3, 0.4) is 0 Å². The maximum absolute atomic E-state index is 13.2. The van der Waals surface area contributed by atoms with Crippen molar-refractivity contribution in [3.63, 3.8) is 0 Å². The highest BCUT2D eigenvalue weighted by Gasteiger charge is 2.19. The molecule has 1 unspecified atom stereocenters. The Morgan fingerprint density at radius 3 is 2.47 bits per heavy atom. The average molecular weight is 243 g/mol. The van der Waals surface area contributed by atoms with Gasteiger partial charge >= 0.3 is 0 Å². The van der Waals surface area contributed by atoms with Gasteiger partial charge in [-0.05, 0) is 19.1 Å². The number of nitrogens with two attached hydrogens (primary N) is 1. The topological polar surface area (TPSA) is 87.7 Å². The molecule has 0 aromatic heterocycles. The Bertz CT molecular complexity index is 443. The monoisotopic (exact) mass is 243 g/mol. The third kappa shape index (κ3) is 2.90. The third-order valence-corrected chi connectivity index (χ3v) is 2.10. The summed E-state index contributed by atoms with van der Waals surface area (Å²) < 4.78 is 26.4. The van der Waals surface area contributed by atoms with E-state index in [9.17, 15) is 13.6 Å². The standard InChI is InChI=1S/C10H11F2N3O2/c1-5(9(13)15-17)14-10(16)8-6(11)3-2-4-7(8)12/h2-5,17H,1H3,(H2,13,15)(H,14,16). The summed E-state index contributed by atoms with van der Waals surface area (Å²) in [6.07, 6.45) is 0. The van der Waals surface area contributed by atoms with Gasteiger partial charge in [-0.15, -0.1) is 0 Å². The fraction of sp³-hybridized carbons (Fsp3) is 0.200. The third-order valence-electron chi connectivity index (χ3n) is 2.10. The Hall–Kier alpha value is -2.18. The SMILES string of the molecule is CC(NC(=O)c1c(F)cccc1F)/C(N)=N/O. The lowest BCUT2D eigenvalue weighted by Crippen LogP contribution is -2.42. The van der Waals surface area contributed by atoms with Gasteiger partial charge in [0.1, 0.15) is 17.2 Å². The number of benzene rings is 1. The summed E-state index contributed by atoms with van der Waals surface area (Å²) in [5.41, 5.74) is 4.51. The molecule has 0 spiro atoms. The van der Waals surface area contributed by atoms with E-state index in [1.165, 1.54) is 6.92 Å². The molecule has 1 aromatic carbocycles. The van der Waals surface area contributed by atoms with Gasteiger partial charge in [-0.25, -0.2) is 8.78 Å². The van der Waals surface area contributed by atoms with Crippen molar-refractivity contribution in [3.05, 3.63) is 35.4 Å². The molecule has 0 bridgehead atoms. The highest BCUT2D eigenvalue weighted by molar-refractivity contribution is 5.98. The fourth-order valence-electron chi connectivity index (χ4n) is 1.14. The minimum absolute atomic E-state index is 0.268. The Morgan fingerprint density at radius 1 is 1.47 bits per heavy atom. The zero-order valence-corrected chi connectivity index (χ0v) is 8.95. The number of halogens is 2. The van der Waals surface area contributed by atoms with Crippen LogP contribution >= 0.6 is 0 Å². The summed E-state index contributed by atoms with van der Waals surface area (Å²) in [5, 5.41) is 13.2. The first-order chi connectivity index (χ1) is 7.97. The van der Waals surface area contributed by atoms with Gasteiger partial charge < -0.3 is 16.3 Å². The lowest BCUT2D eigenvalue weighted by Gasteiger charge is -2.12. The number of carbonyl (C=O) groups is 1. The maximum Gasteiger partial charge on any atom is 0.257 e. The summed E-state index contributed by atoms with van der Waals surface area (Å²) >= 11 is 0. The number of amidine groups is 1. The number of nitrogens with zero attached hydrogens (tertiary/aromatic N) is 1. The lowest BCUT2D eigenvalue weighted by molar-refractivity contribution is 0.0940. The van der Waals surface area contributed by atoms with Crippen LogP contribution in [0.5, 0.6) is 0 Å². The van der Waals surface area contributed by atoms with Crippen molar-refractivity contribution in [2.24, 2.45) is 10.9 Å². The molecule has 0 aliphatic carbocycles. The molecular weight excluding hydrogens is 232 g/mol. The highest BCUT2D eigenvalue weighted by atomic mass is 19.1. The molecule has 92 valence electrons. The van der Waals surface area contributed by atoms with Crippen molar-refractivity contribution in [2.75, 3.05) is 0 Å². The van der Waals surface area contributed by atoms with Gasteiger partial charge in [-0.1, -0.05) is 11.2 Å². The molecule has 17 heavy (non-hydrogen) atoms. The van der Waals surface area contributed by atoms with Crippen LogP contribution in [0, 0.1) is 11.6 Å². The molecule has 0 fully saturated rings. The molecule has 1 amide bonds. The number of nitrogens with one attached hydrogen (secondary N) is 1. The van der Waals surface area contributed by atoms with Gasteiger partial charge in [0.25, 0.3) is 5.91 Å². The number of carbonyl (C=O) groups excluding carboxylic acids is 1. The van der Waals surface area contributed by atoms with Crippen LogP contribution < -0.4 is 11.1 Å². The van der Waals surface area contributed by atoms with Crippen molar-refractivity contribution < 1.29 is 18.8 Å². The molecule has 0 saturated carbocycles. The van der Waals surface area contributed by atoms with Crippen LogP contribution in [-0.2, 0) is 0 Å². The van der Waals surface area contributed by atoms with Crippen molar-refractivity contribution in [1.29, 1.82) is 0 Å². The number of amides is 1. The Morgan fingerprint density at radius 2 is 2.00 bits per heavy atom. The molecule has 0 aliphatic rings. The molecule has 0 aliphatic heterocycles. The summed E-state index contributed by atoms with van der Waals surface area (Å²) in [6.45, 7) is 1.41. The predicted molar refractivity (Wildman–Crippen MR) is 56.7 cm³/mol. The zero-order valence-electron chi connectivity index (χ0n) is 8.95. The number of hydrogen-bond acceptors (Lipinski definition) is 3. The molecule has 1 aromatic rings. The highest BCUT2D eigenvalue weighted by Crippen LogP contribution is 2.11. The van der Waals surface area contributed by atoms with Gasteiger partial charge in [0.15, 0.2) is 5.84 Å². The van der Waals surface area contributed by atoms with Crippen LogP contribution in [0.1, 0.15) is 17.3 Å². The number of oxime groups is 1. The van der Waals surface area contributed by atoms with Gasteiger partial charge in [-0.3, -0.25) is 4.79 Å². The molecule has 1 rings (SSSR count). The van der Waals surface area contributed by atoms with Crippen LogP contribution in [0.25, 0.3) is 0 Å². The first kappa shape index (κ1) is 12.9. The van der Waals surface area contributed by atoms with Gasteiger partial charge in [0.2, 0.25) is 0 Å². The smallest absolute Gasteiger partial charge is 0.257 e. The van der Waals surface area contributed by atoms with Crippen LogP contribution in [0.4, 0.5) is 8.78 Å². The van der Waals surface area contributed by atoms with E-state index in [1.54, 1.807) is 0 Å². The van der Waals surface area contributed by atoms with Gasteiger partial charge in [-0.2, -0.15) is 0 Å². The fourth-order valence-corrected chi connectivity index (χ4v) is 1.14. The quantitative estimate of drug-likeness (QED) is 0.318. The summed E-state index contributed by atoms with van der Waals surface area (Å²) in [6, 6.07) is 2.23. The first-order valence-electron chi connectivity index (χ1n) is 4.69. The zero-order chi connectivity index (χ0) is 13.0. The Labute approximate surface area is 95.9 Å². The number of rotatable bonds is 3. The van der Waals surface area contributed by atoms with Crippen LogP contribution in [-0.4, -0.2) is 23.0 Å². The van der Waals surface area contributed by atoms with E-state index in [0.29, 0.717) is 0 Å². The normalized spacial score (nSPS) is 13.2. The molecule has 4 N–H and O–H groups in total. The van der Waals surface area contributed by atoms with E-state index in [1.807, 2.05) is 0 Å². The van der Waals surface area contributed by atoms with E-state index in [4.69, 9.17) is 10.9 Å². The number of hydrogen-bond donors (Lipinski definition) is 3. The molecule has 0 saturated heterocycles. The van der Waals surface area contributed by atoms with Gasteiger partial charge in [0.05, 0.1) is 6.04 Å². The Kier molecular flexibility index (Phi) is 3.97. The summed E-state index contributed by atoms with van der Waals surface area (Å²) in [4.78, 5) is 11.5. The van der Waals surface area contributed by atoms with E-state index in [-0.39, 0.29) is 5.84 Å². The van der Waals surface area contributed by atoms with Gasteiger partial charge in [0, 0.05) is 0 Å².